The summed E-state index contributed by atoms with van der Waals surface area (Å²) in [5.41, 5.74) is -1.59. The molecule has 1 amide bonds. The fraction of sp³-hybridized carbons (Fsp3) is 0.278. The number of hydrogen-bond donors (Lipinski definition) is 1. The summed E-state index contributed by atoms with van der Waals surface area (Å²) < 4.78 is 13.1. The molecule has 14 heteroatoms. The van der Waals surface area contributed by atoms with Gasteiger partial charge in [-0.1, -0.05) is 0 Å². The Labute approximate surface area is 178 Å². The van der Waals surface area contributed by atoms with Gasteiger partial charge in [0.25, 0.3) is 17.2 Å². The Morgan fingerprint density at radius 1 is 1.22 bits per heavy atom. The van der Waals surface area contributed by atoms with Crippen molar-refractivity contribution in [1.29, 1.82) is 0 Å². The number of hydrogen-bond acceptors (Lipinski definition) is 9. The summed E-state index contributed by atoms with van der Waals surface area (Å²) >= 11 is 0. The molecule has 0 radical (unpaired) electrons. The third-order valence-electron chi connectivity index (χ3n) is 4.56. The molecule has 0 aliphatic carbocycles. The zero-order valence-electron chi connectivity index (χ0n) is 17.2. The number of nitro benzene ring substituents is 1. The van der Waals surface area contributed by atoms with Gasteiger partial charge in [0.1, 0.15) is 18.0 Å². The standard InChI is InChI=1S/C18H18N6O8/c1-21-16-15(17(27)22(2)18(21)28)23(9-19-16)7-14(26)32-8-13(25)20-11-5-4-10(31-3)6-12(11)24(29)30/h4-6,9H,7-8H2,1-3H3,(H,20,25). The van der Waals surface area contributed by atoms with Crippen molar-refractivity contribution in [3.8, 4) is 5.75 Å². The lowest BCUT2D eigenvalue weighted by atomic mass is 10.2. The Morgan fingerprint density at radius 3 is 2.59 bits per heavy atom. The maximum absolute atomic E-state index is 12.4. The number of aromatic nitrogens is 4. The van der Waals surface area contributed by atoms with Gasteiger partial charge < -0.3 is 19.4 Å². The second-order valence-electron chi connectivity index (χ2n) is 6.60. The monoisotopic (exact) mass is 446 g/mol. The number of esters is 1. The Bertz CT molecular complexity index is 1350. The molecule has 0 aliphatic rings. The molecule has 0 atom stereocenters. The number of fused-ring (bicyclic) bond motifs is 1. The van der Waals surface area contributed by atoms with Crippen molar-refractivity contribution >= 4 is 34.4 Å². The van der Waals surface area contributed by atoms with Crippen molar-refractivity contribution in [3.05, 3.63) is 55.5 Å². The molecule has 0 spiro atoms. The topological polar surface area (TPSA) is 170 Å². The molecule has 168 valence electrons. The van der Waals surface area contributed by atoms with Gasteiger partial charge >= 0.3 is 11.7 Å². The van der Waals surface area contributed by atoms with Crippen LogP contribution in [0.2, 0.25) is 0 Å². The first-order valence-corrected chi connectivity index (χ1v) is 9.02. The molecule has 2 aromatic heterocycles. The number of nitrogens with zero attached hydrogens (tertiary/aromatic N) is 5. The van der Waals surface area contributed by atoms with Crippen molar-refractivity contribution in [2.45, 2.75) is 6.54 Å². The van der Waals surface area contributed by atoms with Gasteiger partial charge in [-0.05, 0) is 12.1 Å². The average Bonchev–Trinajstić information content (AvgIpc) is 3.18. The van der Waals surface area contributed by atoms with Gasteiger partial charge in [-0.2, -0.15) is 0 Å². The van der Waals surface area contributed by atoms with Gasteiger partial charge in [0.15, 0.2) is 17.8 Å². The average molecular weight is 446 g/mol. The number of nitro groups is 1. The Kier molecular flexibility index (Phi) is 6.04. The zero-order chi connectivity index (χ0) is 23.6. The van der Waals surface area contributed by atoms with E-state index in [0.717, 1.165) is 15.2 Å². The third-order valence-corrected chi connectivity index (χ3v) is 4.56. The lowest BCUT2D eigenvalue weighted by Crippen LogP contribution is -2.37. The first kappa shape index (κ1) is 22.2. The third kappa shape index (κ3) is 4.19. The number of benzene rings is 1. The van der Waals surface area contributed by atoms with E-state index in [2.05, 4.69) is 10.3 Å². The number of nitrogens with one attached hydrogen (secondary N) is 1. The summed E-state index contributed by atoms with van der Waals surface area (Å²) in [5.74, 6) is -1.43. The van der Waals surface area contributed by atoms with Crippen molar-refractivity contribution in [1.82, 2.24) is 18.7 Å². The molecule has 1 aromatic carbocycles. The molecule has 3 rings (SSSR count). The molecule has 0 unspecified atom stereocenters. The highest BCUT2D eigenvalue weighted by molar-refractivity contribution is 5.95. The van der Waals surface area contributed by atoms with E-state index < -0.39 is 46.9 Å². The lowest BCUT2D eigenvalue weighted by Gasteiger charge is -2.09. The van der Waals surface area contributed by atoms with E-state index in [4.69, 9.17) is 9.47 Å². The lowest BCUT2D eigenvalue weighted by molar-refractivity contribution is -0.384. The zero-order valence-corrected chi connectivity index (χ0v) is 17.2. The van der Waals surface area contributed by atoms with Gasteiger partial charge in [0.2, 0.25) is 0 Å². The summed E-state index contributed by atoms with van der Waals surface area (Å²) in [4.78, 5) is 63.0. The van der Waals surface area contributed by atoms with Crippen LogP contribution in [0.1, 0.15) is 0 Å². The van der Waals surface area contributed by atoms with Crippen LogP contribution in [-0.4, -0.2) is 49.2 Å². The second kappa shape index (κ2) is 8.71. The molecule has 0 bridgehead atoms. The summed E-state index contributed by atoms with van der Waals surface area (Å²) in [6, 6.07) is 3.85. The molecular formula is C18H18N6O8. The van der Waals surface area contributed by atoms with Crippen LogP contribution in [0.25, 0.3) is 11.2 Å². The maximum Gasteiger partial charge on any atom is 0.332 e. The number of rotatable bonds is 7. The van der Waals surface area contributed by atoms with Crippen molar-refractivity contribution in [2.75, 3.05) is 19.0 Å². The SMILES string of the molecule is COc1ccc(NC(=O)COC(=O)Cn2cnc3c2c(=O)n(C)c(=O)n3C)c([N+](=O)[O-])c1. The number of anilines is 1. The minimum absolute atomic E-state index is 0.0184. The minimum Gasteiger partial charge on any atom is -0.496 e. The van der Waals surface area contributed by atoms with Crippen LogP contribution in [0.15, 0.2) is 34.1 Å². The number of imidazole rings is 1. The number of methoxy groups -OCH3 is 1. The van der Waals surface area contributed by atoms with Gasteiger partial charge in [-0.15, -0.1) is 0 Å². The molecule has 2 heterocycles. The van der Waals surface area contributed by atoms with E-state index in [-0.39, 0.29) is 22.6 Å². The van der Waals surface area contributed by atoms with Gasteiger partial charge in [-0.3, -0.25) is 33.6 Å². The quantitative estimate of drug-likeness (QED) is 0.286. The number of carbonyl (C=O) groups is 2. The summed E-state index contributed by atoms with van der Waals surface area (Å²) in [7, 11) is 4.07. The summed E-state index contributed by atoms with van der Waals surface area (Å²) in [6.07, 6.45) is 1.20. The Hall–Kier alpha value is -4.49. The predicted octanol–water partition coefficient (Wildman–Crippen LogP) is -0.468. The van der Waals surface area contributed by atoms with Crippen LogP contribution >= 0.6 is 0 Å². The minimum atomic E-state index is -0.861. The largest absolute Gasteiger partial charge is 0.496 e. The molecule has 0 fully saturated rings. The molecule has 3 aromatic rings. The first-order valence-electron chi connectivity index (χ1n) is 9.02. The van der Waals surface area contributed by atoms with Gasteiger partial charge in [0, 0.05) is 14.1 Å². The van der Waals surface area contributed by atoms with Crippen LogP contribution < -0.4 is 21.3 Å². The van der Waals surface area contributed by atoms with Crippen LogP contribution in [0.4, 0.5) is 11.4 Å². The van der Waals surface area contributed by atoms with Crippen LogP contribution in [0.5, 0.6) is 5.75 Å². The van der Waals surface area contributed by atoms with Gasteiger partial charge in [0.05, 0.1) is 24.4 Å². The van der Waals surface area contributed by atoms with Gasteiger partial charge in [-0.25, -0.2) is 9.78 Å². The van der Waals surface area contributed by atoms with Crippen LogP contribution in [0, 0.1) is 10.1 Å². The molecule has 0 aliphatic heterocycles. The van der Waals surface area contributed by atoms with Crippen molar-refractivity contribution < 1.29 is 24.0 Å². The van der Waals surface area contributed by atoms with E-state index in [1.54, 1.807) is 0 Å². The molecule has 0 saturated carbocycles. The predicted molar refractivity (Wildman–Crippen MR) is 109 cm³/mol. The van der Waals surface area contributed by atoms with E-state index in [0.29, 0.717) is 0 Å². The first-order chi connectivity index (χ1) is 15.1. The number of ether oxygens (including phenoxy) is 2. The van der Waals surface area contributed by atoms with E-state index in [9.17, 15) is 29.3 Å². The fourth-order valence-electron chi connectivity index (χ4n) is 2.93. The normalized spacial score (nSPS) is 10.7. The summed E-state index contributed by atoms with van der Waals surface area (Å²) in [6.45, 7) is -1.16. The fourth-order valence-corrected chi connectivity index (χ4v) is 2.93. The molecule has 0 saturated heterocycles. The Morgan fingerprint density at radius 2 is 1.94 bits per heavy atom. The molecule has 14 nitrogen and oxygen atoms in total. The smallest absolute Gasteiger partial charge is 0.332 e. The highest BCUT2D eigenvalue weighted by Gasteiger charge is 2.19. The highest BCUT2D eigenvalue weighted by atomic mass is 16.6. The van der Waals surface area contributed by atoms with Crippen LogP contribution in [-0.2, 0) is 35.0 Å². The second-order valence-corrected chi connectivity index (χ2v) is 6.60. The number of aryl methyl sites for hydroxylation is 1. The van der Waals surface area contributed by atoms with Crippen molar-refractivity contribution in [2.24, 2.45) is 14.1 Å². The highest BCUT2D eigenvalue weighted by Crippen LogP contribution is 2.28. The van der Waals surface area contributed by atoms with E-state index in [1.807, 2.05) is 0 Å². The maximum atomic E-state index is 12.4. The molecular weight excluding hydrogens is 428 g/mol. The van der Waals surface area contributed by atoms with E-state index >= 15 is 0 Å². The van der Waals surface area contributed by atoms with Crippen molar-refractivity contribution in [3.63, 3.8) is 0 Å². The van der Waals surface area contributed by atoms with E-state index in [1.165, 1.54) is 44.2 Å². The Balaban J connectivity index is 1.69. The number of amides is 1. The molecule has 1 N–H and O–H groups in total. The van der Waals surface area contributed by atoms with Crippen LogP contribution in [0.3, 0.4) is 0 Å². The molecule has 32 heavy (non-hydrogen) atoms. The summed E-state index contributed by atoms with van der Waals surface area (Å²) in [5, 5.41) is 13.5. The number of carbonyl (C=O) groups excluding carboxylic acids is 2.